The summed E-state index contributed by atoms with van der Waals surface area (Å²) < 4.78 is 0. The van der Waals surface area contributed by atoms with Crippen LogP contribution in [0.1, 0.15) is 42.0 Å². The maximum absolute atomic E-state index is 10.7. The largest absolute Gasteiger partial charge is 0.508 e. The number of aryl methyl sites for hydroxylation is 1. The van der Waals surface area contributed by atoms with Gasteiger partial charge in [0.15, 0.2) is 0 Å². The summed E-state index contributed by atoms with van der Waals surface area (Å²) in [6.07, 6.45) is 1.41. The molecule has 3 aromatic carbocycles. The molecule has 0 saturated carbocycles. The fraction of sp³-hybridized carbons (Fsp3) is 0.333. The van der Waals surface area contributed by atoms with E-state index in [1.807, 2.05) is 24.3 Å². The molecule has 1 fully saturated rings. The van der Waals surface area contributed by atoms with E-state index in [1.165, 1.54) is 10.4 Å². The number of aromatic hydroxyl groups is 1. The van der Waals surface area contributed by atoms with E-state index >= 15 is 0 Å². The van der Waals surface area contributed by atoms with Crippen molar-refractivity contribution in [2.24, 2.45) is 0 Å². The second-order valence-electron chi connectivity index (χ2n) is 9.98. The maximum atomic E-state index is 10.7. The molecule has 0 radical (unpaired) electrons. The Morgan fingerprint density at radius 3 is 2.36 bits per heavy atom. The molecular weight excluding hydrogens is 492 g/mol. The van der Waals surface area contributed by atoms with E-state index in [2.05, 4.69) is 73.7 Å². The number of unbranched alkanes of at least 4 members (excludes halogenated alkanes) is 1. The number of nitrogens with zero attached hydrogens (tertiary/aromatic N) is 6. The van der Waals surface area contributed by atoms with Crippen molar-refractivity contribution < 1.29 is 15.0 Å². The highest BCUT2D eigenvalue weighted by Crippen LogP contribution is 2.32. The first-order valence-corrected chi connectivity index (χ1v) is 13.4. The van der Waals surface area contributed by atoms with Crippen LogP contribution in [0.25, 0.3) is 11.4 Å². The predicted molar refractivity (Wildman–Crippen MR) is 148 cm³/mol. The summed E-state index contributed by atoms with van der Waals surface area (Å²) >= 11 is 0. The van der Waals surface area contributed by atoms with Gasteiger partial charge in [-0.15, -0.1) is 10.2 Å². The number of hydrogen-bond acceptors (Lipinski definition) is 7. The van der Waals surface area contributed by atoms with Gasteiger partial charge >= 0.3 is 5.97 Å². The summed E-state index contributed by atoms with van der Waals surface area (Å²) in [5.41, 5.74) is 4.40. The molecular formula is C30H34N6O3. The third-order valence-electron chi connectivity index (χ3n) is 7.14. The van der Waals surface area contributed by atoms with Crippen molar-refractivity contribution in [3.63, 3.8) is 0 Å². The molecule has 1 aliphatic heterocycles. The smallest absolute Gasteiger partial charge is 0.303 e. The first kappa shape index (κ1) is 26.5. The van der Waals surface area contributed by atoms with Crippen molar-refractivity contribution in [2.45, 2.75) is 38.4 Å². The normalized spacial score (nSPS) is 15.3. The topological polar surface area (TPSA) is 108 Å². The first-order valence-electron chi connectivity index (χ1n) is 13.4. The number of carboxylic acid groups (broad SMARTS) is 1. The van der Waals surface area contributed by atoms with E-state index < -0.39 is 5.97 Å². The summed E-state index contributed by atoms with van der Waals surface area (Å²) in [6.45, 7) is 5.28. The lowest BCUT2D eigenvalue weighted by Crippen LogP contribution is -2.47. The third-order valence-corrected chi connectivity index (χ3v) is 7.14. The zero-order valence-electron chi connectivity index (χ0n) is 21.9. The molecule has 2 heterocycles. The van der Waals surface area contributed by atoms with Crippen molar-refractivity contribution in [3.05, 3.63) is 95.6 Å². The molecule has 2 N–H and O–H groups in total. The van der Waals surface area contributed by atoms with Crippen molar-refractivity contribution in [3.8, 4) is 17.1 Å². The summed E-state index contributed by atoms with van der Waals surface area (Å²) in [4.78, 5) is 17.2. The molecule has 39 heavy (non-hydrogen) atoms. The van der Waals surface area contributed by atoms with Gasteiger partial charge < -0.3 is 10.2 Å². The highest BCUT2D eigenvalue weighted by atomic mass is 16.4. The second-order valence-corrected chi connectivity index (χ2v) is 9.98. The van der Waals surface area contributed by atoms with Gasteiger partial charge in [-0.1, -0.05) is 66.7 Å². The molecule has 0 amide bonds. The van der Waals surface area contributed by atoms with Gasteiger partial charge in [0.1, 0.15) is 5.75 Å². The Morgan fingerprint density at radius 2 is 1.64 bits per heavy atom. The Kier molecular flexibility index (Phi) is 8.60. The van der Waals surface area contributed by atoms with E-state index in [0.717, 1.165) is 49.4 Å². The first-order chi connectivity index (χ1) is 19.0. The number of carboxylic acids is 1. The summed E-state index contributed by atoms with van der Waals surface area (Å²) in [5.74, 6) is 0.0182. The van der Waals surface area contributed by atoms with Crippen molar-refractivity contribution in [2.75, 3.05) is 26.2 Å². The van der Waals surface area contributed by atoms with Gasteiger partial charge in [0.25, 0.3) is 0 Å². The monoisotopic (exact) mass is 526 g/mol. The molecule has 4 aromatic rings. The number of carbonyl (C=O) groups is 1. The molecule has 9 heteroatoms. The molecule has 1 saturated heterocycles. The molecule has 9 nitrogen and oxygen atoms in total. The van der Waals surface area contributed by atoms with Crippen LogP contribution in [0.3, 0.4) is 0 Å². The molecule has 1 atom stereocenters. The van der Waals surface area contributed by atoms with Crippen LogP contribution in [0.15, 0.2) is 78.9 Å². The Balaban J connectivity index is 1.28. The number of phenols is 1. The number of tetrazole rings is 1. The lowest BCUT2D eigenvalue weighted by atomic mass is 9.95. The molecule has 0 spiro atoms. The van der Waals surface area contributed by atoms with Gasteiger partial charge in [0.05, 0.1) is 12.6 Å². The molecule has 0 bridgehead atoms. The van der Waals surface area contributed by atoms with Gasteiger partial charge in [-0.3, -0.25) is 14.6 Å². The van der Waals surface area contributed by atoms with Crippen molar-refractivity contribution >= 4 is 5.97 Å². The Hall–Kier alpha value is -4.08. The number of aromatic nitrogens is 4. The minimum absolute atomic E-state index is 0.0166. The van der Waals surface area contributed by atoms with Crippen LogP contribution in [-0.2, 0) is 17.9 Å². The predicted octanol–water partition coefficient (Wildman–Crippen LogP) is 4.21. The Bertz CT molecular complexity index is 1350. The van der Waals surface area contributed by atoms with E-state index in [9.17, 15) is 9.90 Å². The molecule has 1 aromatic heterocycles. The number of piperazine rings is 1. The van der Waals surface area contributed by atoms with E-state index in [4.69, 9.17) is 5.11 Å². The SMILES string of the molecule is O=C(O)CCCCn1nnc(-c2ccc([C@H](c3cccc(O)c3)N3CCN(Cc4ccccc4)CC3)cc2)n1. The van der Waals surface area contributed by atoms with Crippen LogP contribution >= 0.6 is 0 Å². The maximum Gasteiger partial charge on any atom is 0.303 e. The number of hydrogen-bond donors (Lipinski definition) is 2. The zero-order chi connectivity index (χ0) is 27.0. The fourth-order valence-electron chi connectivity index (χ4n) is 5.13. The van der Waals surface area contributed by atoms with Crippen LogP contribution in [0.2, 0.25) is 0 Å². The Morgan fingerprint density at radius 1 is 0.872 bits per heavy atom. The van der Waals surface area contributed by atoms with Gasteiger partial charge in [0, 0.05) is 44.7 Å². The number of aliphatic carboxylic acids is 1. The van der Waals surface area contributed by atoms with Crippen LogP contribution in [0.5, 0.6) is 5.75 Å². The van der Waals surface area contributed by atoms with Crippen LogP contribution < -0.4 is 0 Å². The number of phenolic OH excluding ortho intramolecular Hbond substituents is 1. The van der Waals surface area contributed by atoms with E-state index in [-0.39, 0.29) is 18.2 Å². The van der Waals surface area contributed by atoms with Gasteiger partial charge in [0.2, 0.25) is 5.82 Å². The minimum Gasteiger partial charge on any atom is -0.508 e. The van der Waals surface area contributed by atoms with Gasteiger partial charge in [-0.2, -0.15) is 4.80 Å². The fourth-order valence-corrected chi connectivity index (χ4v) is 5.13. The molecule has 0 aliphatic carbocycles. The number of rotatable bonds is 11. The van der Waals surface area contributed by atoms with E-state index in [0.29, 0.717) is 25.2 Å². The average Bonchev–Trinajstić information content (AvgIpc) is 3.42. The minimum atomic E-state index is -0.791. The average molecular weight is 527 g/mol. The lowest BCUT2D eigenvalue weighted by Gasteiger charge is -2.40. The summed E-state index contributed by atoms with van der Waals surface area (Å²) in [7, 11) is 0. The number of benzene rings is 3. The second kappa shape index (κ2) is 12.6. The summed E-state index contributed by atoms with van der Waals surface area (Å²) in [5, 5.41) is 31.8. The van der Waals surface area contributed by atoms with Crippen molar-refractivity contribution in [1.29, 1.82) is 0 Å². The lowest BCUT2D eigenvalue weighted by molar-refractivity contribution is -0.137. The van der Waals surface area contributed by atoms with E-state index in [1.54, 1.807) is 6.07 Å². The molecule has 202 valence electrons. The molecule has 1 aliphatic rings. The quantitative estimate of drug-likeness (QED) is 0.280. The van der Waals surface area contributed by atoms with Crippen LogP contribution in [0.4, 0.5) is 0 Å². The zero-order valence-corrected chi connectivity index (χ0v) is 21.9. The standard InChI is InChI=1S/C30H34N6O3/c37-27-10-6-9-26(21-27)29(35-19-17-34(18-20-35)22-23-7-2-1-3-8-23)24-12-14-25(15-13-24)30-31-33-36(32-30)16-5-4-11-28(38)39/h1-3,6-10,12-15,21,29,37H,4-5,11,16-20,22H2,(H,38,39)/t29-/m1/s1. The van der Waals surface area contributed by atoms with Crippen molar-refractivity contribution in [1.82, 2.24) is 30.0 Å². The van der Waals surface area contributed by atoms with Crippen LogP contribution in [0, 0.1) is 0 Å². The molecule has 5 rings (SSSR count). The Labute approximate surface area is 228 Å². The van der Waals surface area contributed by atoms with Crippen LogP contribution in [-0.4, -0.2) is 72.4 Å². The molecule has 0 unspecified atom stereocenters. The highest BCUT2D eigenvalue weighted by molar-refractivity contribution is 5.66. The summed E-state index contributed by atoms with van der Waals surface area (Å²) in [6, 6.07) is 26.4. The highest BCUT2D eigenvalue weighted by Gasteiger charge is 2.27. The van der Waals surface area contributed by atoms with Gasteiger partial charge in [-0.05, 0) is 46.9 Å². The third kappa shape index (κ3) is 7.07. The van der Waals surface area contributed by atoms with Gasteiger partial charge in [-0.25, -0.2) is 0 Å².